The molecule has 0 unspecified atom stereocenters. The minimum Gasteiger partial charge on any atom is -0.362 e. The van der Waals surface area contributed by atoms with Crippen molar-refractivity contribution >= 4 is 21.6 Å². The first-order valence-corrected chi connectivity index (χ1v) is 9.37. The van der Waals surface area contributed by atoms with Crippen LogP contribution in [0.3, 0.4) is 0 Å². The molecule has 23 heavy (non-hydrogen) atoms. The van der Waals surface area contributed by atoms with Gasteiger partial charge in [0.2, 0.25) is 15.9 Å². The molecule has 2 rings (SSSR count). The quantitative estimate of drug-likeness (QED) is 0.877. The molecule has 0 atom stereocenters. The summed E-state index contributed by atoms with van der Waals surface area (Å²) < 4.78 is 22.9. The van der Waals surface area contributed by atoms with Gasteiger partial charge in [-0.2, -0.15) is 0 Å². The third-order valence-electron chi connectivity index (χ3n) is 4.10. The number of benzene rings is 1. The van der Waals surface area contributed by atoms with Crippen molar-refractivity contribution in [3.63, 3.8) is 0 Å². The number of sulfonamides is 1. The highest BCUT2D eigenvalue weighted by atomic mass is 32.2. The first kappa shape index (κ1) is 17.7. The molecule has 0 spiro atoms. The van der Waals surface area contributed by atoms with Gasteiger partial charge in [0.1, 0.15) is 0 Å². The smallest absolute Gasteiger partial charge is 0.242 e. The summed E-state index contributed by atoms with van der Waals surface area (Å²) in [4.78, 5) is 16.6. The summed E-state index contributed by atoms with van der Waals surface area (Å²) in [5, 5.41) is 5.17. The molecule has 0 radical (unpaired) electrons. The Morgan fingerprint density at radius 3 is 2.39 bits per heavy atom. The number of nitrogens with two attached hydrogens (primary N) is 1. The molecule has 0 saturated carbocycles. The fraction of sp³-hybridized carbons (Fsp3) is 0.562. The highest BCUT2D eigenvalue weighted by molar-refractivity contribution is 7.89. The Kier molecular flexibility index (Phi) is 5.01. The van der Waals surface area contributed by atoms with E-state index in [1.807, 2.05) is 37.5 Å². The molecule has 0 fully saturated rings. The Bertz CT molecular complexity index is 691. The average Bonchev–Trinajstić information content (AvgIpc) is 2.79. The molecular weight excluding hydrogens is 314 g/mol. The van der Waals surface area contributed by atoms with E-state index in [-0.39, 0.29) is 22.9 Å². The van der Waals surface area contributed by atoms with E-state index in [4.69, 9.17) is 5.14 Å². The molecule has 0 bridgehead atoms. The summed E-state index contributed by atoms with van der Waals surface area (Å²) >= 11 is 0. The lowest BCUT2D eigenvalue weighted by atomic mass is 10.2. The zero-order chi connectivity index (χ0) is 17.4. The lowest BCUT2D eigenvalue weighted by Crippen LogP contribution is -2.47. The van der Waals surface area contributed by atoms with E-state index in [0.717, 1.165) is 17.7 Å². The van der Waals surface area contributed by atoms with E-state index in [0.29, 0.717) is 13.1 Å². The van der Waals surface area contributed by atoms with Gasteiger partial charge in [-0.15, -0.1) is 0 Å². The van der Waals surface area contributed by atoms with Crippen molar-refractivity contribution in [3.8, 4) is 0 Å². The average molecular weight is 339 g/mol. The Hall–Kier alpha value is -1.60. The molecule has 0 aliphatic carbocycles. The molecule has 2 N–H and O–H groups in total. The highest BCUT2D eigenvalue weighted by Crippen LogP contribution is 2.30. The van der Waals surface area contributed by atoms with E-state index < -0.39 is 10.0 Å². The van der Waals surface area contributed by atoms with Gasteiger partial charge >= 0.3 is 0 Å². The van der Waals surface area contributed by atoms with Crippen molar-refractivity contribution in [1.29, 1.82) is 0 Å². The number of hydrogen-bond donors (Lipinski definition) is 1. The second kappa shape index (κ2) is 6.49. The van der Waals surface area contributed by atoms with Gasteiger partial charge in [-0.1, -0.05) is 0 Å². The molecule has 1 aromatic rings. The van der Waals surface area contributed by atoms with Crippen LogP contribution < -0.4 is 10.0 Å². The van der Waals surface area contributed by atoms with Crippen LogP contribution in [0, 0.1) is 0 Å². The van der Waals surface area contributed by atoms with Crippen molar-refractivity contribution in [1.82, 2.24) is 4.90 Å². The van der Waals surface area contributed by atoms with Gasteiger partial charge in [-0.3, -0.25) is 4.79 Å². The van der Waals surface area contributed by atoms with Gasteiger partial charge in [0.15, 0.2) is 0 Å². The van der Waals surface area contributed by atoms with Gasteiger partial charge in [0, 0.05) is 24.3 Å². The summed E-state index contributed by atoms with van der Waals surface area (Å²) in [6.45, 7) is 9.04. The highest BCUT2D eigenvalue weighted by Gasteiger charge is 2.27. The maximum atomic E-state index is 12.6. The Morgan fingerprint density at radius 2 is 1.87 bits per heavy atom. The van der Waals surface area contributed by atoms with E-state index in [9.17, 15) is 13.2 Å². The molecule has 6 nitrogen and oxygen atoms in total. The van der Waals surface area contributed by atoms with Crippen LogP contribution in [0.5, 0.6) is 0 Å². The number of amides is 1. The number of hydrogen-bond acceptors (Lipinski definition) is 4. The van der Waals surface area contributed by atoms with Crippen LogP contribution in [0.25, 0.3) is 0 Å². The molecule has 1 amide bonds. The van der Waals surface area contributed by atoms with Gasteiger partial charge < -0.3 is 9.80 Å². The molecule has 0 saturated heterocycles. The summed E-state index contributed by atoms with van der Waals surface area (Å²) in [7, 11) is -3.69. The van der Waals surface area contributed by atoms with Crippen molar-refractivity contribution in [2.24, 2.45) is 5.14 Å². The second-order valence-electron chi connectivity index (χ2n) is 6.50. The number of fused-ring (bicyclic) bond motifs is 1. The van der Waals surface area contributed by atoms with Crippen LogP contribution in [0.15, 0.2) is 23.1 Å². The Balaban J connectivity index is 2.19. The normalized spacial score (nSPS) is 14.5. The third kappa shape index (κ3) is 3.84. The number of carbonyl (C=O) groups excluding carboxylic acids is 1. The maximum absolute atomic E-state index is 12.6. The first-order chi connectivity index (χ1) is 10.6. The molecule has 1 aromatic carbocycles. The van der Waals surface area contributed by atoms with Crippen LogP contribution in [0.2, 0.25) is 0 Å². The van der Waals surface area contributed by atoms with Crippen LogP contribution in [-0.4, -0.2) is 44.4 Å². The van der Waals surface area contributed by atoms with Gasteiger partial charge in [-0.25, -0.2) is 13.6 Å². The summed E-state index contributed by atoms with van der Waals surface area (Å²) in [5.41, 5.74) is 1.84. The number of carbonyl (C=O) groups is 1. The molecule has 1 heterocycles. The zero-order valence-electron chi connectivity index (χ0n) is 14.1. The van der Waals surface area contributed by atoms with Crippen LogP contribution in [0.4, 0.5) is 5.69 Å². The van der Waals surface area contributed by atoms with Crippen LogP contribution >= 0.6 is 0 Å². The zero-order valence-corrected chi connectivity index (χ0v) is 14.9. The monoisotopic (exact) mass is 339 g/mol. The Labute approximate surface area is 138 Å². The predicted molar refractivity (Wildman–Crippen MR) is 90.9 cm³/mol. The van der Waals surface area contributed by atoms with Crippen molar-refractivity contribution in [3.05, 3.63) is 23.8 Å². The fourth-order valence-corrected chi connectivity index (χ4v) is 3.77. The lowest BCUT2D eigenvalue weighted by molar-refractivity contribution is -0.133. The molecule has 1 aliphatic heterocycles. The van der Waals surface area contributed by atoms with Crippen molar-refractivity contribution in [2.75, 3.05) is 18.0 Å². The summed E-state index contributed by atoms with van der Waals surface area (Å²) in [6, 6.07) is 5.14. The van der Waals surface area contributed by atoms with Crippen molar-refractivity contribution in [2.45, 2.75) is 51.1 Å². The largest absolute Gasteiger partial charge is 0.362 e. The maximum Gasteiger partial charge on any atom is 0.242 e. The molecular formula is C16H25N3O3S. The molecule has 0 aromatic heterocycles. The topological polar surface area (TPSA) is 83.7 Å². The summed E-state index contributed by atoms with van der Waals surface area (Å²) in [5.74, 6) is 0.0818. The lowest BCUT2D eigenvalue weighted by Gasteiger charge is -2.33. The van der Waals surface area contributed by atoms with Crippen molar-refractivity contribution < 1.29 is 13.2 Å². The van der Waals surface area contributed by atoms with Gasteiger partial charge in [0.25, 0.3) is 0 Å². The number of nitrogens with zero attached hydrogens (tertiary/aromatic N) is 2. The van der Waals surface area contributed by atoms with Gasteiger partial charge in [0.05, 0.1) is 11.4 Å². The SMILES string of the molecule is CC(C)N(C(=O)CN1CCc2cc(S(N)(=O)=O)ccc21)C(C)C. The number of anilines is 1. The van der Waals surface area contributed by atoms with E-state index in [2.05, 4.69) is 0 Å². The number of rotatable bonds is 5. The van der Waals surface area contributed by atoms with Crippen LogP contribution in [-0.2, 0) is 21.2 Å². The van der Waals surface area contributed by atoms with E-state index >= 15 is 0 Å². The third-order valence-corrected chi connectivity index (χ3v) is 5.01. The van der Waals surface area contributed by atoms with Crippen LogP contribution in [0.1, 0.15) is 33.3 Å². The molecule has 128 valence electrons. The minimum absolute atomic E-state index is 0.0818. The van der Waals surface area contributed by atoms with Gasteiger partial charge in [-0.05, 0) is 57.9 Å². The first-order valence-electron chi connectivity index (χ1n) is 7.83. The standard InChI is InChI=1S/C16H25N3O3S/c1-11(2)19(12(3)4)16(20)10-18-8-7-13-9-14(23(17,21)22)5-6-15(13)18/h5-6,9,11-12H,7-8,10H2,1-4H3,(H2,17,21,22). The molecule has 7 heteroatoms. The second-order valence-corrected chi connectivity index (χ2v) is 8.06. The Morgan fingerprint density at radius 1 is 1.26 bits per heavy atom. The van der Waals surface area contributed by atoms with E-state index in [1.165, 1.54) is 6.07 Å². The van der Waals surface area contributed by atoms with E-state index in [1.54, 1.807) is 12.1 Å². The minimum atomic E-state index is -3.69. The fourth-order valence-electron chi connectivity index (χ4n) is 3.20. The molecule has 1 aliphatic rings. The predicted octanol–water partition coefficient (Wildman–Crippen LogP) is 1.34. The number of primary sulfonamides is 1. The summed E-state index contributed by atoms with van der Waals surface area (Å²) in [6.07, 6.45) is 0.718.